The van der Waals surface area contributed by atoms with Gasteiger partial charge in [-0.3, -0.25) is 14.6 Å². The summed E-state index contributed by atoms with van der Waals surface area (Å²) in [5, 5.41) is 1.37. The van der Waals surface area contributed by atoms with Gasteiger partial charge in [-0.1, -0.05) is 46.7 Å². The van der Waals surface area contributed by atoms with E-state index in [-0.39, 0.29) is 5.91 Å². The van der Waals surface area contributed by atoms with Crippen molar-refractivity contribution in [3.8, 4) is 0 Å². The third kappa shape index (κ3) is 4.37. The number of fused-ring (bicyclic) bond motifs is 1. The Hall–Kier alpha value is -1.99. The van der Waals surface area contributed by atoms with E-state index in [9.17, 15) is 4.79 Å². The van der Waals surface area contributed by atoms with E-state index in [2.05, 4.69) is 4.90 Å². The fourth-order valence-corrected chi connectivity index (χ4v) is 5.01. The Morgan fingerprint density at radius 1 is 1.17 bits per heavy atom. The molecule has 30 heavy (non-hydrogen) atoms. The Labute approximate surface area is 186 Å². The third-order valence-corrected chi connectivity index (χ3v) is 7.07. The maximum Gasteiger partial charge on any atom is 0.260 e. The molecule has 0 spiro atoms. The highest BCUT2D eigenvalue weighted by Crippen LogP contribution is 2.36. The molecule has 2 aromatic carbocycles. The van der Waals surface area contributed by atoms with Gasteiger partial charge in [-0.05, 0) is 44.0 Å². The van der Waals surface area contributed by atoms with E-state index >= 15 is 0 Å². The van der Waals surface area contributed by atoms with Crippen LogP contribution in [0.15, 0.2) is 30.3 Å². The third-order valence-electron chi connectivity index (χ3n) is 5.53. The van der Waals surface area contributed by atoms with E-state index < -0.39 is 0 Å². The quantitative estimate of drug-likeness (QED) is 0.565. The number of nitrogens with zero attached hydrogens (tertiary/aromatic N) is 3. The van der Waals surface area contributed by atoms with Crippen LogP contribution in [-0.4, -0.2) is 55.2 Å². The first-order valence-electron chi connectivity index (χ1n) is 10.2. The minimum absolute atomic E-state index is 0.0164. The van der Waals surface area contributed by atoms with Crippen LogP contribution in [0.4, 0.5) is 5.13 Å². The molecule has 1 aliphatic rings. The molecule has 0 saturated carbocycles. The predicted octanol–water partition coefficient (Wildman–Crippen LogP) is 4.85. The van der Waals surface area contributed by atoms with E-state index in [0.717, 1.165) is 65.3 Å². The molecule has 0 radical (unpaired) electrons. The van der Waals surface area contributed by atoms with Gasteiger partial charge in [-0.15, -0.1) is 0 Å². The average Bonchev–Trinajstić information content (AvgIpc) is 3.20. The van der Waals surface area contributed by atoms with Gasteiger partial charge in [0.05, 0.1) is 28.5 Å². The van der Waals surface area contributed by atoms with Crippen molar-refractivity contribution in [1.82, 2.24) is 9.88 Å². The number of aromatic nitrogens is 1. The number of morpholine rings is 1. The van der Waals surface area contributed by atoms with Crippen LogP contribution in [0.3, 0.4) is 0 Å². The first-order valence-corrected chi connectivity index (χ1v) is 11.4. The Morgan fingerprint density at radius 2 is 1.90 bits per heavy atom. The number of hydrogen-bond acceptors (Lipinski definition) is 5. The number of rotatable bonds is 5. The fourth-order valence-electron chi connectivity index (χ4n) is 3.67. The molecule has 1 fully saturated rings. The second kappa shape index (κ2) is 9.02. The molecule has 1 aromatic heterocycles. The molecule has 0 unspecified atom stereocenters. The lowest BCUT2D eigenvalue weighted by Crippen LogP contribution is -2.43. The van der Waals surface area contributed by atoms with Crippen molar-refractivity contribution in [3.63, 3.8) is 0 Å². The van der Waals surface area contributed by atoms with Crippen molar-refractivity contribution < 1.29 is 9.53 Å². The zero-order chi connectivity index (χ0) is 21.3. The van der Waals surface area contributed by atoms with E-state index in [1.807, 2.05) is 56.0 Å². The minimum atomic E-state index is -0.0164. The summed E-state index contributed by atoms with van der Waals surface area (Å²) in [4.78, 5) is 22.6. The van der Waals surface area contributed by atoms with Gasteiger partial charge in [-0.25, -0.2) is 4.98 Å². The summed E-state index contributed by atoms with van der Waals surface area (Å²) in [5.74, 6) is -0.0164. The first-order chi connectivity index (χ1) is 14.4. The minimum Gasteiger partial charge on any atom is -0.379 e. The molecule has 7 heteroatoms. The number of halogens is 1. The summed E-state index contributed by atoms with van der Waals surface area (Å²) >= 11 is 7.92. The smallest absolute Gasteiger partial charge is 0.260 e. The maximum atomic E-state index is 13.7. The molecule has 1 amide bonds. The van der Waals surface area contributed by atoms with Crippen LogP contribution in [0, 0.1) is 20.8 Å². The molecular formula is C23H26ClN3O2S. The summed E-state index contributed by atoms with van der Waals surface area (Å²) in [6.07, 6.45) is 0. The Bertz CT molecular complexity index is 1040. The van der Waals surface area contributed by atoms with E-state index in [1.54, 1.807) is 0 Å². The van der Waals surface area contributed by atoms with E-state index in [1.165, 1.54) is 11.3 Å². The van der Waals surface area contributed by atoms with Gasteiger partial charge in [0.25, 0.3) is 5.91 Å². The summed E-state index contributed by atoms with van der Waals surface area (Å²) in [6.45, 7) is 10.6. The van der Waals surface area contributed by atoms with Gasteiger partial charge in [-0.2, -0.15) is 0 Å². The molecule has 5 nitrogen and oxygen atoms in total. The summed E-state index contributed by atoms with van der Waals surface area (Å²) in [5.41, 5.74) is 4.69. The van der Waals surface area contributed by atoms with Crippen molar-refractivity contribution in [3.05, 3.63) is 57.6 Å². The van der Waals surface area contributed by atoms with Crippen LogP contribution in [0.2, 0.25) is 5.02 Å². The molecule has 1 aliphatic heterocycles. The molecule has 1 saturated heterocycles. The van der Waals surface area contributed by atoms with Gasteiger partial charge < -0.3 is 4.74 Å². The number of carbonyl (C=O) groups excluding carboxylic acids is 1. The predicted molar refractivity (Wildman–Crippen MR) is 124 cm³/mol. The number of aryl methyl sites for hydroxylation is 3. The zero-order valence-corrected chi connectivity index (χ0v) is 19.1. The van der Waals surface area contributed by atoms with Crippen LogP contribution >= 0.6 is 22.9 Å². The van der Waals surface area contributed by atoms with E-state index in [4.69, 9.17) is 21.3 Å². The van der Waals surface area contributed by atoms with Gasteiger partial charge in [0.2, 0.25) is 0 Å². The number of hydrogen-bond donors (Lipinski definition) is 0. The number of ether oxygens (including phenoxy) is 1. The number of carbonyl (C=O) groups is 1. The largest absolute Gasteiger partial charge is 0.379 e. The highest BCUT2D eigenvalue weighted by Gasteiger charge is 2.25. The van der Waals surface area contributed by atoms with Crippen molar-refractivity contribution in [2.24, 2.45) is 0 Å². The number of amides is 1. The lowest BCUT2D eigenvalue weighted by atomic mass is 10.0. The number of anilines is 1. The summed E-state index contributed by atoms with van der Waals surface area (Å²) < 4.78 is 6.38. The Morgan fingerprint density at radius 3 is 2.63 bits per heavy atom. The summed E-state index contributed by atoms with van der Waals surface area (Å²) in [7, 11) is 0. The lowest BCUT2D eigenvalue weighted by molar-refractivity contribution is 0.0391. The molecule has 3 aromatic rings. The molecule has 4 rings (SSSR count). The van der Waals surface area contributed by atoms with Gasteiger partial charge >= 0.3 is 0 Å². The van der Waals surface area contributed by atoms with Crippen LogP contribution in [0.5, 0.6) is 0 Å². The number of benzene rings is 2. The van der Waals surface area contributed by atoms with E-state index in [0.29, 0.717) is 16.7 Å². The average molecular weight is 444 g/mol. The van der Waals surface area contributed by atoms with Crippen LogP contribution in [0.25, 0.3) is 10.2 Å². The second-order valence-electron chi connectivity index (χ2n) is 7.77. The topological polar surface area (TPSA) is 45.7 Å². The normalized spacial score (nSPS) is 14.9. The Kier molecular flexibility index (Phi) is 6.39. The maximum absolute atomic E-state index is 13.7. The zero-order valence-electron chi connectivity index (χ0n) is 17.6. The van der Waals surface area contributed by atoms with Gasteiger partial charge in [0.15, 0.2) is 5.13 Å². The highest BCUT2D eigenvalue weighted by molar-refractivity contribution is 7.23. The SMILES string of the molecule is Cc1ccc(C)c(C(=O)N(CCN2CCOCC2)c2nc3c(C)ccc(Cl)c3s2)c1. The van der Waals surface area contributed by atoms with Gasteiger partial charge in [0, 0.05) is 31.7 Å². The highest BCUT2D eigenvalue weighted by atomic mass is 35.5. The molecule has 158 valence electrons. The van der Waals surface area contributed by atoms with Crippen LogP contribution < -0.4 is 4.90 Å². The molecule has 0 bridgehead atoms. The van der Waals surface area contributed by atoms with Crippen molar-refractivity contribution in [1.29, 1.82) is 0 Å². The molecule has 2 heterocycles. The second-order valence-corrected chi connectivity index (χ2v) is 9.15. The Balaban J connectivity index is 1.71. The molecule has 0 atom stereocenters. The summed E-state index contributed by atoms with van der Waals surface area (Å²) in [6, 6.07) is 9.86. The monoisotopic (exact) mass is 443 g/mol. The van der Waals surface area contributed by atoms with Crippen molar-refractivity contribution in [2.45, 2.75) is 20.8 Å². The lowest BCUT2D eigenvalue weighted by Gasteiger charge is -2.29. The van der Waals surface area contributed by atoms with Crippen LogP contribution in [0.1, 0.15) is 27.0 Å². The standard InChI is InChI=1S/C23H26ClN3O2S/c1-15-4-5-16(2)18(14-15)22(28)27(9-8-26-10-12-29-13-11-26)23-25-20-17(3)6-7-19(24)21(20)30-23/h4-7,14H,8-13H2,1-3H3. The van der Waals surface area contributed by atoms with Gasteiger partial charge in [0.1, 0.15) is 0 Å². The van der Waals surface area contributed by atoms with Crippen molar-refractivity contribution >= 4 is 44.2 Å². The molecular weight excluding hydrogens is 418 g/mol. The first kappa shape index (κ1) is 21.2. The molecule has 0 N–H and O–H groups in total. The molecule has 0 aliphatic carbocycles. The van der Waals surface area contributed by atoms with Crippen molar-refractivity contribution in [2.75, 3.05) is 44.3 Å². The fraction of sp³-hybridized carbons (Fsp3) is 0.391. The number of thiazole rings is 1. The van der Waals surface area contributed by atoms with Crippen LogP contribution in [-0.2, 0) is 4.74 Å².